The molecule has 2 aromatic carbocycles. The predicted octanol–water partition coefficient (Wildman–Crippen LogP) is 5.06. The molecule has 7 heteroatoms. The van der Waals surface area contributed by atoms with Crippen LogP contribution in [-0.4, -0.2) is 40.0 Å². The minimum absolute atomic E-state index is 0.333. The molecular formula is C27H25N3O3S. The van der Waals surface area contributed by atoms with Crippen molar-refractivity contribution in [1.29, 1.82) is 5.26 Å². The Bertz CT molecular complexity index is 1250. The molecule has 3 rings (SSSR count). The number of aryl methyl sites for hydroxylation is 1. The van der Waals surface area contributed by atoms with Crippen molar-refractivity contribution in [3.8, 4) is 17.2 Å². The Morgan fingerprint density at radius 2 is 1.97 bits per heavy atom. The Morgan fingerprint density at radius 3 is 2.62 bits per heavy atom. The topological polar surface area (TPSA) is 103 Å². The third-order valence-corrected chi connectivity index (χ3v) is 5.99. The highest BCUT2D eigenvalue weighted by molar-refractivity contribution is 7.98. The number of carboxylic acid groups (broad SMARTS) is 1. The predicted molar refractivity (Wildman–Crippen MR) is 136 cm³/mol. The van der Waals surface area contributed by atoms with Crippen LogP contribution >= 0.6 is 11.8 Å². The van der Waals surface area contributed by atoms with Gasteiger partial charge in [0, 0.05) is 23.5 Å². The van der Waals surface area contributed by atoms with Crippen LogP contribution in [0.1, 0.15) is 33.5 Å². The Morgan fingerprint density at radius 1 is 1.18 bits per heavy atom. The van der Waals surface area contributed by atoms with E-state index in [0.29, 0.717) is 34.4 Å². The van der Waals surface area contributed by atoms with E-state index in [4.69, 9.17) is 0 Å². The summed E-state index contributed by atoms with van der Waals surface area (Å²) in [6, 6.07) is 17.8. The van der Waals surface area contributed by atoms with Crippen molar-refractivity contribution >= 4 is 35.3 Å². The largest absolute Gasteiger partial charge is 0.480 e. The van der Waals surface area contributed by atoms with Crippen molar-refractivity contribution in [2.75, 3.05) is 12.0 Å². The SMILES string of the molecule is CSCC[C@H](NC(=O)c1ccc(C=C(C#N)c2cccnc2)cc1-c1ccccc1C)C(=O)O. The number of aliphatic carboxylic acids is 1. The molecule has 0 aliphatic heterocycles. The van der Waals surface area contributed by atoms with E-state index in [1.54, 1.807) is 36.7 Å². The van der Waals surface area contributed by atoms with Crippen molar-refractivity contribution in [1.82, 2.24) is 10.3 Å². The smallest absolute Gasteiger partial charge is 0.326 e. The van der Waals surface area contributed by atoms with E-state index in [1.165, 1.54) is 11.8 Å². The third kappa shape index (κ3) is 6.12. The van der Waals surface area contributed by atoms with E-state index >= 15 is 0 Å². The number of carbonyl (C=O) groups is 2. The van der Waals surface area contributed by atoms with Gasteiger partial charge in [0.15, 0.2) is 0 Å². The highest BCUT2D eigenvalue weighted by atomic mass is 32.2. The van der Waals surface area contributed by atoms with Gasteiger partial charge < -0.3 is 10.4 Å². The first-order valence-corrected chi connectivity index (χ1v) is 12.1. The summed E-state index contributed by atoms with van der Waals surface area (Å²) in [5.41, 5.74) is 4.77. The molecule has 1 atom stereocenters. The molecule has 1 heterocycles. The number of carbonyl (C=O) groups excluding carboxylic acids is 1. The average molecular weight is 472 g/mol. The number of amides is 1. The van der Waals surface area contributed by atoms with Crippen LogP contribution in [0.15, 0.2) is 67.0 Å². The summed E-state index contributed by atoms with van der Waals surface area (Å²) in [4.78, 5) is 28.9. The fourth-order valence-electron chi connectivity index (χ4n) is 3.55. The number of nitrogens with zero attached hydrogens (tertiary/aromatic N) is 2. The molecule has 172 valence electrons. The second-order valence-electron chi connectivity index (χ2n) is 7.68. The molecule has 0 saturated carbocycles. The highest BCUT2D eigenvalue weighted by Crippen LogP contribution is 2.30. The first kappa shape index (κ1) is 24.7. The molecule has 0 aliphatic carbocycles. The van der Waals surface area contributed by atoms with Crippen LogP contribution in [0.4, 0.5) is 0 Å². The van der Waals surface area contributed by atoms with E-state index in [0.717, 1.165) is 16.7 Å². The lowest BCUT2D eigenvalue weighted by molar-refractivity contribution is -0.139. The molecule has 0 spiro atoms. The van der Waals surface area contributed by atoms with Crippen LogP contribution in [0.25, 0.3) is 22.8 Å². The summed E-state index contributed by atoms with van der Waals surface area (Å²) >= 11 is 1.53. The summed E-state index contributed by atoms with van der Waals surface area (Å²) in [6.45, 7) is 1.95. The maximum absolute atomic E-state index is 13.2. The molecular weight excluding hydrogens is 446 g/mol. The van der Waals surface area contributed by atoms with Gasteiger partial charge in [-0.15, -0.1) is 0 Å². The number of thioether (sulfide) groups is 1. The van der Waals surface area contributed by atoms with Crippen molar-refractivity contribution in [2.45, 2.75) is 19.4 Å². The van der Waals surface area contributed by atoms with E-state index in [2.05, 4.69) is 16.4 Å². The number of carboxylic acids is 1. The minimum Gasteiger partial charge on any atom is -0.480 e. The number of pyridine rings is 1. The Hall–Kier alpha value is -3.89. The Labute approximate surface area is 203 Å². The van der Waals surface area contributed by atoms with Crippen molar-refractivity contribution < 1.29 is 14.7 Å². The zero-order valence-corrected chi connectivity index (χ0v) is 19.8. The van der Waals surface area contributed by atoms with Gasteiger partial charge in [0.2, 0.25) is 0 Å². The standard InChI is InChI=1S/C27H25N3O3S/c1-18-6-3-4-8-22(18)24-15-19(14-21(16-28)20-7-5-12-29-17-20)9-10-23(24)26(31)30-25(27(32)33)11-13-34-2/h3-10,12,14-15,17,25H,11,13H2,1-2H3,(H,30,31)(H,32,33)/t25-/m0/s1. The lowest BCUT2D eigenvalue weighted by Gasteiger charge is -2.17. The summed E-state index contributed by atoms with van der Waals surface area (Å²) in [5.74, 6) is -0.888. The molecule has 0 bridgehead atoms. The first-order chi connectivity index (χ1) is 16.4. The molecule has 0 unspecified atom stereocenters. The van der Waals surface area contributed by atoms with E-state index in [-0.39, 0.29) is 0 Å². The fraction of sp³-hybridized carbons (Fsp3) is 0.185. The lowest BCUT2D eigenvalue weighted by Crippen LogP contribution is -2.41. The van der Waals surface area contributed by atoms with Crippen LogP contribution in [-0.2, 0) is 4.79 Å². The van der Waals surface area contributed by atoms with Gasteiger partial charge >= 0.3 is 5.97 Å². The number of nitrogens with one attached hydrogen (secondary N) is 1. The zero-order valence-electron chi connectivity index (χ0n) is 19.0. The quantitative estimate of drug-likeness (QED) is 0.423. The van der Waals surface area contributed by atoms with Gasteiger partial charge in [-0.25, -0.2) is 4.79 Å². The lowest BCUT2D eigenvalue weighted by atomic mass is 9.92. The molecule has 0 radical (unpaired) electrons. The number of rotatable bonds is 9. The molecule has 6 nitrogen and oxygen atoms in total. The highest BCUT2D eigenvalue weighted by Gasteiger charge is 2.22. The zero-order chi connectivity index (χ0) is 24.5. The summed E-state index contributed by atoms with van der Waals surface area (Å²) in [5, 5.41) is 21.9. The Balaban J connectivity index is 2.06. The maximum Gasteiger partial charge on any atom is 0.326 e. The first-order valence-electron chi connectivity index (χ1n) is 10.7. The van der Waals surface area contributed by atoms with E-state index in [9.17, 15) is 20.0 Å². The van der Waals surface area contributed by atoms with Gasteiger partial charge in [-0.3, -0.25) is 9.78 Å². The fourth-order valence-corrected chi connectivity index (χ4v) is 4.02. The van der Waals surface area contributed by atoms with Gasteiger partial charge in [0.25, 0.3) is 5.91 Å². The second-order valence-corrected chi connectivity index (χ2v) is 8.66. The molecule has 1 aromatic heterocycles. The number of hydrogen-bond donors (Lipinski definition) is 2. The van der Waals surface area contributed by atoms with Crippen LogP contribution in [0.2, 0.25) is 0 Å². The number of allylic oxidation sites excluding steroid dienone is 1. The van der Waals surface area contributed by atoms with Crippen molar-refractivity contribution in [3.05, 3.63) is 89.2 Å². The molecule has 0 saturated heterocycles. The maximum atomic E-state index is 13.2. The summed E-state index contributed by atoms with van der Waals surface area (Å²) < 4.78 is 0. The van der Waals surface area contributed by atoms with Gasteiger partial charge in [0.1, 0.15) is 6.04 Å². The van der Waals surface area contributed by atoms with Crippen LogP contribution in [0, 0.1) is 18.3 Å². The van der Waals surface area contributed by atoms with Crippen molar-refractivity contribution in [2.24, 2.45) is 0 Å². The number of hydrogen-bond acceptors (Lipinski definition) is 5. The number of nitriles is 1. The Kier molecular flexibility index (Phi) is 8.60. The molecule has 2 N–H and O–H groups in total. The van der Waals surface area contributed by atoms with E-state index < -0.39 is 17.9 Å². The molecule has 34 heavy (non-hydrogen) atoms. The van der Waals surface area contributed by atoms with Gasteiger partial charge in [-0.05, 0) is 71.9 Å². The molecule has 1 amide bonds. The number of aromatic nitrogens is 1. The number of benzene rings is 2. The van der Waals surface area contributed by atoms with Crippen LogP contribution in [0.3, 0.4) is 0 Å². The summed E-state index contributed by atoms with van der Waals surface area (Å²) in [7, 11) is 0. The molecule has 0 aliphatic rings. The third-order valence-electron chi connectivity index (χ3n) is 5.34. The molecule has 0 fully saturated rings. The normalized spacial score (nSPS) is 12.0. The molecule has 3 aromatic rings. The second kappa shape index (κ2) is 11.8. The van der Waals surface area contributed by atoms with Gasteiger partial charge in [-0.1, -0.05) is 36.4 Å². The van der Waals surface area contributed by atoms with Crippen LogP contribution < -0.4 is 5.32 Å². The average Bonchev–Trinajstić information content (AvgIpc) is 2.85. The van der Waals surface area contributed by atoms with Gasteiger partial charge in [0.05, 0.1) is 11.6 Å². The minimum atomic E-state index is -1.06. The summed E-state index contributed by atoms with van der Waals surface area (Å²) in [6.07, 6.45) is 7.24. The van der Waals surface area contributed by atoms with E-state index in [1.807, 2.05) is 49.6 Å². The monoisotopic (exact) mass is 471 g/mol. The van der Waals surface area contributed by atoms with Crippen molar-refractivity contribution in [3.63, 3.8) is 0 Å². The van der Waals surface area contributed by atoms with Gasteiger partial charge in [-0.2, -0.15) is 17.0 Å². The van der Waals surface area contributed by atoms with Crippen LogP contribution in [0.5, 0.6) is 0 Å².